The zero-order valence-electron chi connectivity index (χ0n) is 16.3. The number of hydrogen-bond donors (Lipinski definition) is 4. The number of carbonyl (C=O) groups excluding carboxylic acids is 1. The van der Waals surface area contributed by atoms with E-state index in [2.05, 4.69) is 89.6 Å². The second-order valence-electron chi connectivity index (χ2n) is 7.18. The molecule has 6 nitrogen and oxygen atoms in total. The van der Waals surface area contributed by atoms with Gasteiger partial charge < -0.3 is 5.11 Å². The quantitative estimate of drug-likeness (QED) is 0.279. The van der Waals surface area contributed by atoms with E-state index in [0.717, 1.165) is 15.6 Å². The van der Waals surface area contributed by atoms with Gasteiger partial charge in [0.25, 0.3) is 5.91 Å². The van der Waals surface area contributed by atoms with Gasteiger partial charge in [-0.15, -0.1) is 0 Å². The van der Waals surface area contributed by atoms with Crippen molar-refractivity contribution in [2.24, 2.45) is 5.10 Å². The summed E-state index contributed by atoms with van der Waals surface area (Å²) in [6.45, 7) is 0. The van der Waals surface area contributed by atoms with E-state index in [1.165, 1.54) is 11.8 Å². The first-order valence-electron chi connectivity index (χ1n) is 9.68. The summed E-state index contributed by atoms with van der Waals surface area (Å²) in [6.07, 6.45) is 2.00. The highest BCUT2D eigenvalue weighted by atomic mass is 79.9. The number of phenolic OH excluding ortho intramolecular Hbond substituents is 1. The highest BCUT2D eigenvalue weighted by molar-refractivity contribution is 9.11. The van der Waals surface area contributed by atoms with Crippen LogP contribution in [0.2, 0.25) is 0 Å². The van der Waals surface area contributed by atoms with Crippen LogP contribution in [0.25, 0.3) is 11.1 Å². The molecule has 1 heterocycles. The number of benzene rings is 3. The minimum absolute atomic E-state index is 0.0228. The summed E-state index contributed by atoms with van der Waals surface area (Å²) in [5.41, 5.74) is 12.7. The maximum absolute atomic E-state index is 12.5. The van der Waals surface area contributed by atoms with E-state index in [4.69, 9.17) is 0 Å². The molecule has 0 radical (unpaired) electrons. The SMILES string of the molecule is O=C(N/N=C/c1cc(Br)cc(Br)c1O)C1CC(c2ccc(-c3ccccc3)cc2)NN1. The van der Waals surface area contributed by atoms with Gasteiger partial charge in [0.2, 0.25) is 0 Å². The lowest BCUT2D eigenvalue weighted by Crippen LogP contribution is -2.41. The summed E-state index contributed by atoms with van der Waals surface area (Å²) in [5, 5.41) is 14.0. The van der Waals surface area contributed by atoms with Crippen molar-refractivity contribution < 1.29 is 9.90 Å². The number of amides is 1. The third kappa shape index (κ3) is 5.22. The molecule has 1 amide bonds. The average molecular weight is 544 g/mol. The number of aromatic hydroxyl groups is 1. The normalized spacial score (nSPS) is 18.4. The molecule has 8 heteroatoms. The van der Waals surface area contributed by atoms with E-state index >= 15 is 0 Å². The van der Waals surface area contributed by atoms with Crippen molar-refractivity contribution in [2.45, 2.75) is 18.5 Å². The first kappa shape index (κ1) is 21.7. The number of hydrogen-bond acceptors (Lipinski definition) is 5. The molecule has 31 heavy (non-hydrogen) atoms. The fourth-order valence-corrected chi connectivity index (χ4v) is 4.67. The van der Waals surface area contributed by atoms with Crippen molar-refractivity contribution in [3.8, 4) is 16.9 Å². The predicted octanol–water partition coefficient (Wildman–Crippen LogP) is 4.64. The van der Waals surface area contributed by atoms with Gasteiger partial charge in [-0.05, 0) is 51.2 Å². The third-order valence-corrected chi connectivity index (χ3v) is 6.14. The summed E-state index contributed by atoms with van der Waals surface area (Å²) >= 11 is 6.63. The number of phenols is 1. The van der Waals surface area contributed by atoms with E-state index in [9.17, 15) is 9.90 Å². The van der Waals surface area contributed by atoms with Crippen LogP contribution in [0.3, 0.4) is 0 Å². The largest absolute Gasteiger partial charge is 0.506 e. The number of nitrogens with one attached hydrogen (secondary N) is 3. The average Bonchev–Trinajstić information content (AvgIpc) is 3.28. The van der Waals surface area contributed by atoms with Gasteiger partial charge in [0, 0.05) is 16.1 Å². The smallest absolute Gasteiger partial charge is 0.258 e. The highest BCUT2D eigenvalue weighted by Gasteiger charge is 2.30. The van der Waals surface area contributed by atoms with Crippen LogP contribution in [-0.2, 0) is 4.79 Å². The molecular formula is C23H20Br2N4O2. The van der Waals surface area contributed by atoms with E-state index < -0.39 is 6.04 Å². The second-order valence-corrected chi connectivity index (χ2v) is 8.95. The fraction of sp³-hybridized carbons (Fsp3) is 0.130. The molecule has 1 aliphatic rings. The van der Waals surface area contributed by atoms with Crippen LogP contribution >= 0.6 is 31.9 Å². The Hall–Kier alpha value is -2.52. The number of halogens is 2. The number of hydrazine groups is 1. The van der Waals surface area contributed by atoms with Crippen molar-refractivity contribution in [3.05, 3.63) is 86.8 Å². The standard InChI is InChI=1S/C23H20Br2N4O2/c24-18-10-17(22(30)19(25)11-18)13-26-29-23(31)21-12-20(27-28-21)16-8-6-15(7-9-16)14-4-2-1-3-5-14/h1-11,13,20-21,27-28,30H,12H2,(H,29,31)/b26-13+. The van der Waals surface area contributed by atoms with E-state index in [-0.39, 0.29) is 17.7 Å². The molecular weight excluding hydrogens is 524 g/mol. The van der Waals surface area contributed by atoms with Crippen LogP contribution in [0, 0.1) is 0 Å². The van der Waals surface area contributed by atoms with Crippen LogP contribution in [0.15, 0.2) is 80.8 Å². The lowest BCUT2D eigenvalue weighted by atomic mass is 9.98. The molecule has 0 bridgehead atoms. The lowest BCUT2D eigenvalue weighted by molar-refractivity contribution is -0.122. The lowest BCUT2D eigenvalue weighted by Gasteiger charge is -2.11. The third-order valence-electron chi connectivity index (χ3n) is 5.08. The van der Waals surface area contributed by atoms with Gasteiger partial charge in [0.15, 0.2) is 0 Å². The molecule has 0 aliphatic carbocycles. The maximum Gasteiger partial charge on any atom is 0.258 e. The summed E-state index contributed by atoms with van der Waals surface area (Å²) in [6, 6.07) is 21.6. The summed E-state index contributed by atoms with van der Waals surface area (Å²) < 4.78 is 1.32. The van der Waals surface area contributed by atoms with Crippen molar-refractivity contribution >= 4 is 44.0 Å². The minimum Gasteiger partial charge on any atom is -0.506 e. The van der Waals surface area contributed by atoms with Gasteiger partial charge in [-0.2, -0.15) is 5.10 Å². The first-order chi connectivity index (χ1) is 15.0. The first-order valence-corrected chi connectivity index (χ1v) is 11.3. The molecule has 4 N–H and O–H groups in total. The molecule has 0 saturated carbocycles. The Bertz CT molecular complexity index is 1100. The predicted molar refractivity (Wildman–Crippen MR) is 129 cm³/mol. The Labute approximate surface area is 197 Å². The summed E-state index contributed by atoms with van der Waals surface area (Å²) in [5.74, 6) is -0.193. The van der Waals surface area contributed by atoms with Gasteiger partial charge in [-0.1, -0.05) is 70.5 Å². The van der Waals surface area contributed by atoms with Crippen molar-refractivity contribution in [1.29, 1.82) is 0 Å². The second kappa shape index (κ2) is 9.74. The van der Waals surface area contributed by atoms with Crippen molar-refractivity contribution in [2.75, 3.05) is 0 Å². The molecule has 4 rings (SSSR count). The summed E-state index contributed by atoms with van der Waals surface area (Å²) in [7, 11) is 0. The van der Waals surface area contributed by atoms with Gasteiger partial charge in [-0.3, -0.25) is 4.79 Å². The van der Waals surface area contributed by atoms with Gasteiger partial charge in [0.1, 0.15) is 11.8 Å². The topological polar surface area (TPSA) is 85.8 Å². The maximum atomic E-state index is 12.5. The Kier molecular flexibility index (Phi) is 6.82. The van der Waals surface area contributed by atoms with E-state index in [1.54, 1.807) is 12.1 Å². The number of carbonyl (C=O) groups is 1. The number of nitrogens with zero attached hydrogens (tertiary/aromatic N) is 1. The fourth-order valence-electron chi connectivity index (χ4n) is 3.41. The van der Waals surface area contributed by atoms with Gasteiger partial charge in [0.05, 0.1) is 10.7 Å². The number of rotatable bonds is 5. The molecule has 1 aliphatic heterocycles. The highest BCUT2D eigenvalue weighted by Crippen LogP contribution is 2.30. The summed E-state index contributed by atoms with van der Waals surface area (Å²) in [4.78, 5) is 12.5. The molecule has 1 saturated heterocycles. The molecule has 0 aromatic heterocycles. The molecule has 3 aromatic rings. The Balaban J connectivity index is 1.35. The Morgan fingerprint density at radius 3 is 2.48 bits per heavy atom. The molecule has 158 valence electrons. The molecule has 2 atom stereocenters. The molecule has 0 spiro atoms. The van der Waals surface area contributed by atoms with Crippen LogP contribution < -0.4 is 16.3 Å². The monoisotopic (exact) mass is 542 g/mol. The zero-order chi connectivity index (χ0) is 21.8. The molecule has 3 aromatic carbocycles. The molecule has 1 fully saturated rings. The van der Waals surface area contributed by atoms with Crippen LogP contribution in [-0.4, -0.2) is 23.3 Å². The van der Waals surface area contributed by atoms with E-state index in [0.29, 0.717) is 16.5 Å². The van der Waals surface area contributed by atoms with Gasteiger partial charge >= 0.3 is 0 Å². The van der Waals surface area contributed by atoms with Crippen LogP contribution in [0.4, 0.5) is 0 Å². The van der Waals surface area contributed by atoms with Gasteiger partial charge in [-0.25, -0.2) is 16.3 Å². The molecule has 2 unspecified atom stereocenters. The Morgan fingerprint density at radius 2 is 1.74 bits per heavy atom. The minimum atomic E-state index is -0.418. The van der Waals surface area contributed by atoms with Crippen molar-refractivity contribution in [1.82, 2.24) is 16.3 Å². The van der Waals surface area contributed by atoms with Crippen LogP contribution in [0.5, 0.6) is 5.75 Å². The van der Waals surface area contributed by atoms with Crippen molar-refractivity contribution in [3.63, 3.8) is 0 Å². The Morgan fingerprint density at radius 1 is 1.03 bits per heavy atom. The van der Waals surface area contributed by atoms with Crippen LogP contribution in [0.1, 0.15) is 23.6 Å². The number of hydrazone groups is 1. The zero-order valence-corrected chi connectivity index (χ0v) is 19.5. The van der Waals surface area contributed by atoms with E-state index in [1.807, 2.05) is 18.2 Å².